The average molecular weight is 460 g/mol. The molecule has 1 aromatic heterocycles. The number of halogens is 3. The van der Waals surface area contributed by atoms with Crippen LogP contribution in [0.3, 0.4) is 0 Å². The van der Waals surface area contributed by atoms with E-state index in [4.69, 9.17) is 0 Å². The van der Waals surface area contributed by atoms with Crippen molar-refractivity contribution in [3.05, 3.63) is 34.9 Å². The first-order valence-electron chi connectivity index (χ1n) is 9.10. The topological polar surface area (TPSA) is 125 Å². The molecule has 1 atom stereocenters. The molecule has 0 saturated heterocycles. The van der Waals surface area contributed by atoms with Crippen molar-refractivity contribution >= 4 is 27.7 Å². The summed E-state index contributed by atoms with van der Waals surface area (Å²) < 4.78 is 71.5. The van der Waals surface area contributed by atoms with Gasteiger partial charge in [-0.25, -0.2) is 17.9 Å². The lowest BCUT2D eigenvalue weighted by Crippen LogP contribution is -2.53. The number of hydrogen-bond acceptors (Lipinski definition) is 7. The molecule has 1 aliphatic heterocycles. The molecule has 14 heteroatoms. The van der Waals surface area contributed by atoms with Crippen molar-refractivity contribution in [3.8, 4) is 0 Å². The number of imide groups is 1. The van der Waals surface area contributed by atoms with Gasteiger partial charge in [0.1, 0.15) is 11.6 Å². The summed E-state index contributed by atoms with van der Waals surface area (Å²) in [4.78, 5) is 26.0. The number of allylic oxidation sites excluding steroid dienone is 2. The number of nitrogens with one attached hydrogen (secondary N) is 1. The van der Waals surface area contributed by atoms with Gasteiger partial charge in [0.05, 0.1) is 12.0 Å². The summed E-state index contributed by atoms with van der Waals surface area (Å²) in [5.41, 5.74) is -0.287. The summed E-state index contributed by atoms with van der Waals surface area (Å²) in [6.45, 7) is 1.07. The van der Waals surface area contributed by atoms with Gasteiger partial charge in [0.25, 0.3) is 5.89 Å². The zero-order chi connectivity index (χ0) is 22.8. The maximum Gasteiger partial charge on any atom is 0.501 e. The number of rotatable bonds is 5. The Bertz CT molecular complexity index is 1180. The predicted octanol–water partition coefficient (Wildman–Crippen LogP) is 1.18. The minimum Gasteiger partial charge on any atom is -0.413 e. The van der Waals surface area contributed by atoms with Crippen LogP contribution in [-0.2, 0) is 27.5 Å². The second-order valence-electron chi connectivity index (χ2n) is 7.74. The molecule has 166 valence electrons. The van der Waals surface area contributed by atoms with Crippen LogP contribution in [0.5, 0.6) is 0 Å². The second kappa shape index (κ2) is 6.82. The van der Waals surface area contributed by atoms with Crippen LogP contribution in [0.4, 0.5) is 18.0 Å². The number of carbonyl (C=O) groups is 2. The first kappa shape index (κ1) is 21.4. The Balaban J connectivity index is 1.63. The van der Waals surface area contributed by atoms with Crippen LogP contribution in [-0.4, -0.2) is 58.3 Å². The first-order chi connectivity index (χ1) is 14.3. The fourth-order valence-electron chi connectivity index (χ4n) is 3.21. The minimum atomic E-state index is -4.87. The zero-order valence-electron chi connectivity index (χ0n) is 16.3. The summed E-state index contributed by atoms with van der Waals surface area (Å²) in [7, 11) is -2.54. The van der Waals surface area contributed by atoms with E-state index < -0.39 is 57.9 Å². The van der Waals surface area contributed by atoms with Crippen molar-refractivity contribution in [3.63, 3.8) is 0 Å². The number of sulfonamides is 1. The molecule has 3 amide bonds. The maximum absolute atomic E-state index is 12.9. The van der Waals surface area contributed by atoms with Gasteiger partial charge in [-0.3, -0.25) is 0 Å². The van der Waals surface area contributed by atoms with E-state index in [1.165, 1.54) is 25.3 Å². The number of urea groups is 1. The SMILES string of the molecule is C[N+]1=C2C=CC(S(=O)(=O)NC3(C)CC3)=CC2C(=O)N(Cc2nnc(C(F)(F)F)o2)C1=O. The van der Waals surface area contributed by atoms with Crippen molar-refractivity contribution < 1.29 is 40.2 Å². The van der Waals surface area contributed by atoms with E-state index in [2.05, 4.69) is 19.3 Å². The Kier molecular flexibility index (Phi) is 4.70. The lowest BCUT2D eigenvalue weighted by atomic mass is 9.94. The van der Waals surface area contributed by atoms with Crippen LogP contribution in [0.25, 0.3) is 0 Å². The molecular formula is C17H17F3N5O5S+. The molecule has 1 fully saturated rings. The third-order valence-corrected chi connectivity index (χ3v) is 6.85. The predicted molar refractivity (Wildman–Crippen MR) is 96.8 cm³/mol. The Labute approximate surface area is 174 Å². The average Bonchev–Trinajstić information content (AvgIpc) is 3.19. The van der Waals surface area contributed by atoms with Gasteiger partial charge in [-0.1, -0.05) is 0 Å². The Morgan fingerprint density at radius 3 is 2.55 bits per heavy atom. The zero-order valence-corrected chi connectivity index (χ0v) is 17.1. The van der Waals surface area contributed by atoms with Gasteiger partial charge >= 0.3 is 24.0 Å². The number of amides is 3. The molecule has 3 aliphatic rings. The molecule has 1 aromatic rings. The second-order valence-corrected chi connectivity index (χ2v) is 9.42. The number of aromatic nitrogens is 2. The fraction of sp³-hybridized carbons (Fsp3) is 0.471. The van der Waals surface area contributed by atoms with Gasteiger partial charge in [-0.15, -0.1) is 15.1 Å². The highest BCUT2D eigenvalue weighted by Gasteiger charge is 2.49. The molecule has 2 heterocycles. The number of hydrogen-bond donors (Lipinski definition) is 1. The lowest BCUT2D eigenvalue weighted by Gasteiger charge is -2.26. The standard InChI is InChI=1S/C17H17F3N5O5S/c1-16(5-6-16)23-31(28,29)9-3-4-11-10(7-9)13(26)25(15(27)24(11)2)8-12-21-22-14(30-12)17(18,19)20/h3-4,7,10,23H,5-6,8H2,1-2H3/q+1. The van der Waals surface area contributed by atoms with Gasteiger partial charge in [-0.2, -0.15) is 22.5 Å². The van der Waals surface area contributed by atoms with E-state index in [9.17, 15) is 31.2 Å². The lowest BCUT2D eigenvalue weighted by molar-refractivity contribution is -0.406. The molecule has 31 heavy (non-hydrogen) atoms. The minimum absolute atomic E-state index is 0.137. The largest absolute Gasteiger partial charge is 0.501 e. The monoisotopic (exact) mass is 460 g/mol. The van der Waals surface area contributed by atoms with E-state index >= 15 is 0 Å². The van der Waals surface area contributed by atoms with Gasteiger partial charge in [0.15, 0.2) is 6.54 Å². The van der Waals surface area contributed by atoms with Crippen molar-refractivity contribution in [2.45, 2.75) is 38.0 Å². The van der Waals surface area contributed by atoms with Crippen LogP contribution in [0.2, 0.25) is 0 Å². The van der Waals surface area contributed by atoms with Crippen LogP contribution in [0, 0.1) is 5.92 Å². The van der Waals surface area contributed by atoms with Crippen LogP contribution in [0.1, 0.15) is 31.5 Å². The highest BCUT2D eigenvalue weighted by atomic mass is 32.2. The molecule has 4 rings (SSSR count). The summed E-state index contributed by atoms with van der Waals surface area (Å²) >= 11 is 0. The van der Waals surface area contributed by atoms with Gasteiger partial charge in [0, 0.05) is 5.54 Å². The summed E-state index contributed by atoms with van der Waals surface area (Å²) in [5.74, 6) is -4.14. The Morgan fingerprint density at radius 2 is 1.97 bits per heavy atom. The third-order valence-electron chi connectivity index (χ3n) is 5.20. The van der Waals surface area contributed by atoms with Crippen LogP contribution in [0.15, 0.2) is 27.6 Å². The first-order valence-corrected chi connectivity index (χ1v) is 10.6. The van der Waals surface area contributed by atoms with E-state index in [-0.39, 0.29) is 10.6 Å². The number of carbonyl (C=O) groups excluding carboxylic acids is 2. The van der Waals surface area contributed by atoms with Crippen LogP contribution >= 0.6 is 0 Å². The highest BCUT2D eigenvalue weighted by molar-refractivity contribution is 7.93. The maximum atomic E-state index is 12.9. The van der Waals surface area contributed by atoms with Crippen molar-refractivity contribution in [1.29, 1.82) is 0 Å². The Hall–Kier alpha value is -2.87. The fourth-order valence-corrected chi connectivity index (χ4v) is 4.75. The quantitative estimate of drug-likeness (QED) is 0.654. The highest BCUT2D eigenvalue weighted by Crippen LogP contribution is 2.36. The summed E-state index contributed by atoms with van der Waals surface area (Å²) in [6, 6.07) is -0.823. The summed E-state index contributed by atoms with van der Waals surface area (Å²) in [6.07, 6.45) is 0.368. The molecule has 1 unspecified atom stereocenters. The molecule has 0 aromatic carbocycles. The molecule has 0 bridgehead atoms. The van der Waals surface area contributed by atoms with E-state index in [1.807, 2.05) is 0 Å². The van der Waals surface area contributed by atoms with Gasteiger partial charge < -0.3 is 4.42 Å². The van der Waals surface area contributed by atoms with Crippen LogP contribution < -0.4 is 4.72 Å². The van der Waals surface area contributed by atoms with Crippen molar-refractivity contribution in [2.75, 3.05) is 7.05 Å². The van der Waals surface area contributed by atoms with Gasteiger partial charge in [-0.05, 0) is 38.0 Å². The molecule has 10 nitrogen and oxygen atoms in total. The normalized spacial score (nSPS) is 23.2. The smallest absolute Gasteiger partial charge is 0.413 e. The molecule has 1 N–H and O–H groups in total. The Morgan fingerprint density at radius 1 is 1.29 bits per heavy atom. The van der Waals surface area contributed by atoms with E-state index in [0.717, 1.165) is 4.58 Å². The molecule has 2 aliphatic carbocycles. The molecular weight excluding hydrogens is 443 g/mol. The molecule has 0 radical (unpaired) electrons. The van der Waals surface area contributed by atoms with Crippen molar-refractivity contribution in [1.82, 2.24) is 19.8 Å². The van der Waals surface area contributed by atoms with E-state index in [1.54, 1.807) is 6.92 Å². The summed E-state index contributed by atoms with van der Waals surface area (Å²) in [5, 5.41) is 6.10. The molecule has 0 spiro atoms. The number of nitrogens with zero attached hydrogens (tertiary/aromatic N) is 4. The van der Waals surface area contributed by atoms with Gasteiger partial charge in [0.2, 0.25) is 10.0 Å². The number of alkyl halides is 3. The molecule has 1 saturated carbocycles. The third kappa shape index (κ3) is 3.92. The van der Waals surface area contributed by atoms with Crippen molar-refractivity contribution in [2.24, 2.45) is 5.92 Å². The number of fused-ring (bicyclic) bond motifs is 1. The van der Waals surface area contributed by atoms with E-state index in [0.29, 0.717) is 17.7 Å².